The van der Waals surface area contributed by atoms with Crippen LogP contribution in [0.4, 0.5) is 5.69 Å². The molecule has 8 heteroatoms. The molecule has 0 aliphatic heterocycles. The summed E-state index contributed by atoms with van der Waals surface area (Å²) < 4.78 is 28.9. The molecule has 0 saturated carbocycles. The van der Waals surface area contributed by atoms with Crippen molar-refractivity contribution in [1.29, 1.82) is 0 Å². The third-order valence-electron chi connectivity index (χ3n) is 3.95. The monoisotopic (exact) mass is 371 g/mol. The number of carbonyl (C=O) groups is 1. The lowest BCUT2D eigenvalue weighted by molar-refractivity contribution is 0.102. The number of nitrogens with one attached hydrogen (secondary N) is 1. The Labute approximate surface area is 151 Å². The molecule has 0 aliphatic rings. The maximum absolute atomic E-state index is 12.5. The van der Waals surface area contributed by atoms with Crippen LogP contribution >= 0.6 is 0 Å². The van der Waals surface area contributed by atoms with Crippen LogP contribution in [0, 0.1) is 6.92 Å². The quantitative estimate of drug-likeness (QED) is 0.739. The van der Waals surface area contributed by atoms with E-state index in [-0.39, 0.29) is 16.6 Å². The van der Waals surface area contributed by atoms with Gasteiger partial charge in [0.1, 0.15) is 0 Å². The Balaban J connectivity index is 1.83. The van der Waals surface area contributed by atoms with Crippen LogP contribution in [-0.2, 0) is 9.84 Å². The highest BCUT2D eigenvalue weighted by Gasteiger charge is 2.14. The first-order valence-electron chi connectivity index (χ1n) is 7.92. The van der Waals surface area contributed by atoms with Gasteiger partial charge < -0.3 is 9.73 Å². The predicted molar refractivity (Wildman–Crippen MR) is 96.6 cm³/mol. The molecule has 3 aromatic rings. The van der Waals surface area contributed by atoms with E-state index in [1.807, 2.05) is 19.1 Å². The van der Waals surface area contributed by atoms with Crippen molar-refractivity contribution in [2.75, 3.05) is 11.1 Å². The summed E-state index contributed by atoms with van der Waals surface area (Å²) in [5, 5.41) is 10.3. The van der Waals surface area contributed by atoms with Crippen molar-refractivity contribution in [2.45, 2.75) is 18.7 Å². The Kier molecular flexibility index (Phi) is 4.85. The largest absolute Gasteiger partial charge is 0.423 e. The molecular formula is C18H17N3O4S. The van der Waals surface area contributed by atoms with Crippen LogP contribution in [0.15, 0.2) is 58.2 Å². The summed E-state index contributed by atoms with van der Waals surface area (Å²) in [6.45, 7) is 3.44. The van der Waals surface area contributed by atoms with Crippen molar-refractivity contribution in [3.05, 3.63) is 60.0 Å². The molecular weight excluding hydrogens is 354 g/mol. The van der Waals surface area contributed by atoms with Crippen molar-refractivity contribution in [3.63, 3.8) is 0 Å². The minimum absolute atomic E-state index is 0.0141. The molecule has 0 spiro atoms. The molecule has 0 aliphatic carbocycles. The summed E-state index contributed by atoms with van der Waals surface area (Å²) in [5.74, 6) is 0.0334. The Hall–Kier alpha value is -3.00. The topological polar surface area (TPSA) is 102 Å². The summed E-state index contributed by atoms with van der Waals surface area (Å²) >= 11 is 0. The van der Waals surface area contributed by atoms with Crippen LogP contribution in [0.3, 0.4) is 0 Å². The molecule has 1 N–H and O–H groups in total. The highest BCUT2D eigenvalue weighted by molar-refractivity contribution is 7.91. The number of benzene rings is 2. The minimum atomic E-state index is -3.29. The molecule has 1 aromatic heterocycles. The van der Waals surface area contributed by atoms with Gasteiger partial charge in [0.2, 0.25) is 12.3 Å². The lowest BCUT2D eigenvalue weighted by atomic mass is 10.1. The number of anilines is 1. The molecule has 0 bridgehead atoms. The number of amides is 1. The van der Waals surface area contributed by atoms with Gasteiger partial charge >= 0.3 is 0 Å². The average Bonchev–Trinajstić information content (AvgIpc) is 3.18. The summed E-state index contributed by atoms with van der Waals surface area (Å²) in [4.78, 5) is 12.7. The van der Waals surface area contributed by atoms with E-state index in [0.717, 1.165) is 5.56 Å². The van der Waals surface area contributed by atoms with Crippen LogP contribution in [0.5, 0.6) is 0 Å². The lowest BCUT2D eigenvalue weighted by Gasteiger charge is -2.10. The zero-order valence-corrected chi connectivity index (χ0v) is 15.1. The number of nitrogens with zero attached hydrogens (tertiary/aromatic N) is 2. The van der Waals surface area contributed by atoms with E-state index in [4.69, 9.17) is 4.42 Å². The summed E-state index contributed by atoms with van der Waals surface area (Å²) in [5.41, 5.74) is 2.53. The number of rotatable bonds is 5. The first-order valence-corrected chi connectivity index (χ1v) is 9.57. The van der Waals surface area contributed by atoms with Crippen LogP contribution in [0.2, 0.25) is 0 Å². The highest BCUT2D eigenvalue weighted by atomic mass is 32.2. The van der Waals surface area contributed by atoms with E-state index in [9.17, 15) is 13.2 Å². The first-order chi connectivity index (χ1) is 12.4. The van der Waals surface area contributed by atoms with E-state index >= 15 is 0 Å². The van der Waals surface area contributed by atoms with E-state index in [0.29, 0.717) is 22.7 Å². The molecule has 1 amide bonds. The molecule has 0 fully saturated rings. The molecule has 7 nitrogen and oxygen atoms in total. The predicted octanol–water partition coefficient (Wildman–Crippen LogP) is 3.09. The van der Waals surface area contributed by atoms with Gasteiger partial charge in [0.05, 0.1) is 10.6 Å². The number of sulfone groups is 1. The van der Waals surface area contributed by atoms with Gasteiger partial charge in [0.25, 0.3) is 5.91 Å². The van der Waals surface area contributed by atoms with E-state index < -0.39 is 9.84 Å². The van der Waals surface area contributed by atoms with Crippen molar-refractivity contribution in [2.24, 2.45) is 0 Å². The van der Waals surface area contributed by atoms with Gasteiger partial charge in [0, 0.05) is 16.8 Å². The Bertz CT molecular complexity index is 1030. The Morgan fingerprint density at radius 3 is 2.50 bits per heavy atom. The van der Waals surface area contributed by atoms with Crippen LogP contribution < -0.4 is 5.32 Å². The molecule has 0 atom stereocenters. The standard InChI is InChI=1S/C18H17N3O4S/c1-3-26(23,24)15-8-6-13(7-9-15)17(22)20-16-10-14(5-4-12(16)2)18-21-19-11-25-18/h4-11H,3H2,1-2H3,(H,20,22). The minimum Gasteiger partial charge on any atom is -0.423 e. The van der Waals surface area contributed by atoms with Gasteiger partial charge in [-0.3, -0.25) is 4.79 Å². The van der Waals surface area contributed by atoms with Gasteiger partial charge in [0.15, 0.2) is 9.84 Å². The second kappa shape index (κ2) is 7.09. The van der Waals surface area contributed by atoms with Gasteiger partial charge in [-0.15, -0.1) is 10.2 Å². The fourth-order valence-corrected chi connectivity index (χ4v) is 3.25. The Morgan fingerprint density at radius 2 is 1.88 bits per heavy atom. The van der Waals surface area contributed by atoms with Gasteiger partial charge in [-0.05, 0) is 48.9 Å². The fraction of sp³-hybridized carbons (Fsp3) is 0.167. The zero-order valence-electron chi connectivity index (χ0n) is 14.3. The summed E-state index contributed by atoms with van der Waals surface area (Å²) in [6.07, 6.45) is 1.24. The van der Waals surface area contributed by atoms with Gasteiger partial charge in [-0.2, -0.15) is 0 Å². The molecule has 1 heterocycles. The van der Waals surface area contributed by atoms with E-state index in [2.05, 4.69) is 15.5 Å². The fourth-order valence-electron chi connectivity index (χ4n) is 2.36. The first kappa shape index (κ1) is 17.8. The van der Waals surface area contributed by atoms with Crippen molar-refractivity contribution < 1.29 is 17.6 Å². The average molecular weight is 371 g/mol. The second-order valence-electron chi connectivity index (χ2n) is 5.66. The Morgan fingerprint density at radius 1 is 1.15 bits per heavy atom. The van der Waals surface area contributed by atoms with Crippen LogP contribution in [-0.4, -0.2) is 30.3 Å². The lowest BCUT2D eigenvalue weighted by Crippen LogP contribution is -2.13. The molecule has 26 heavy (non-hydrogen) atoms. The maximum Gasteiger partial charge on any atom is 0.255 e. The van der Waals surface area contributed by atoms with E-state index in [1.54, 1.807) is 13.0 Å². The number of aromatic nitrogens is 2. The van der Waals surface area contributed by atoms with E-state index in [1.165, 1.54) is 30.7 Å². The maximum atomic E-state index is 12.5. The highest BCUT2D eigenvalue weighted by Crippen LogP contribution is 2.24. The van der Waals surface area contributed by atoms with Crippen molar-refractivity contribution in [3.8, 4) is 11.5 Å². The molecule has 0 saturated heterocycles. The number of carbonyl (C=O) groups excluding carboxylic acids is 1. The number of hydrogen-bond acceptors (Lipinski definition) is 6. The van der Waals surface area contributed by atoms with Crippen molar-refractivity contribution >= 4 is 21.4 Å². The smallest absolute Gasteiger partial charge is 0.255 e. The second-order valence-corrected chi connectivity index (χ2v) is 7.93. The molecule has 134 valence electrons. The SMILES string of the molecule is CCS(=O)(=O)c1ccc(C(=O)Nc2cc(-c3nnco3)ccc2C)cc1. The zero-order chi connectivity index (χ0) is 18.7. The molecule has 0 unspecified atom stereocenters. The van der Waals surface area contributed by atoms with Crippen LogP contribution in [0.1, 0.15) is 22.8 Å². The third-order valence-corrected chi connectivity index (χ3v) is 5.70. The van der Waals surface area contributed by atoms with Crippen molar-refractivity contribution in [1.82, 2.24) is 10.2 Å². The normalized spacial score (nSPS) is 11.3. The number of aryl methyl sites for hydroxylation is 1. The molecule has 0 radical (unpaired) electrons. The molecule has 3 rings (SSSR count). The van der Waals surface area contributed by atoms with Gasteiger partial charge in [-0.1, -0.05) is 13.0 Å². The summed E-state index contributed by atoms with van der Waals surface area (Å²) in [7, 11) is -3.29. The molecule has 2 aromatic carbocycles. The van der Waals surface area contributed by atoms with Gasteiger partial charge in [-0.25, -0.2) is 8.42 Å². The summed E-state index contributed by atoms with van der Waals surface area (Å²) in [6, 6.07) is 11.3. The third kappa shape index (κ3) is 3.65. The number of hydrogen-bond donors (Lipinski definition) is 1. The van der Waals surface area contributed by atoms with Crippen LogP contribution in [0.25, 0.3) is 11.5 Å².